The van der Waals surface area contributed by atoms with Crippen molar-refractivity contribution in [2.24, 2.45) is 0 Å². The quantitative estimate of drug-likeness (QED) is 0.765. The minimum atomic E-state index is -3.78. The van der Waals surface area contributed by atoms with Crippen molar-refractivity contribution >= 4 is 21.6 Å². The van der Waals surface area contributed by atoms with Crippen molar-refractivity contribution in [2.45, 2.75) is 51.0 Å². The number of carbonyl (C=O) groups excluding carboxylic acids is 1. The van der Waals surface area contributed by atoms with E-state index in [4.69, 9.17) is 0 Å². The zero-order valence-corrected chi connectivity index (χ0v) is 16.4. The first-order chi connectivity index (χ1) is 12.2. The average Bonchev–Trinajstić information content (AvgIpc) is 2.61. The molecule has 140 valence electrons. The Kier molecular flexibility index (Phi) is 6.42. The smallest absolute Gasteiger partial charge is 0.261 e. The highest BCUT2D eigenvalue weighted by atomic mass is 32.2. The molecule has 2 rings (SSSR count). The minimum Gasteiger partial charge on any atom is -0.350 e. The average molecular weight is 375 g/mol. The number of amides is 1. The van der Waals surface area contributed by atoms with Gasteiger partial charge in [0.1, 0.15) is 0 Å². The largest absolute Gasteiger partial charge is 0.350 e. The van der Waals surface area contributed by atoms with Crippen molar-refractivity contribution in [3.8, 4) is 0 Å². The fraction of sp³-hybridized carbons (Fsp3) is 0.350. The summed E-state index contributed by atoms with van der Waals surface area (Å²) in [7, 11) is -3.78. The third kappa shape index (κ3) is 4.85. The topological polar surface area (TPSA) is 75.3 Å². The first kappa shape index (κ1) is 20.0. The van der Waals surface area contributed by atoms with Crippen molar-refractivity contribution in [3.63, 3.8) is 0 Å². The summed E-state index contributed by atoms with van der Waals surface area (Å²) in [5.74, 6) is 0.0255. The summed E-state index contributed by atoms with van der Waals surface area (Å²) in [4.78, 5) is 12.6. The van der Waals surface area contributed by atoms with E-state index in [9.17, 15) is 13.2 Å². The van der Waals surface area contributed by atoms with Crippen molar-refractivity contribution in [1.29, 1.82) is 0 Å². The molecule has 0 bridgehead atoms. The number of benzene rings is 2. The molecule has 0 saturated heterocycles. The van der Waals surface area contributed by atoms with Crippen LogP contribution in [0.2, 0.25) is 0 Å². The molecule has 26 heavy (non-hydrogen) atoms. The highest BCUT2D eigenvalue weighted by molar-refractivity contribution is 7.92. The van der Waals surface area contributed by atoms with Gasteiger partial charge >= 0.3 is 0 Å². The maximum Gasteiger partial charge on any atom is 0.261 e. The van der Waals surface area contributed by atoms with Gasteiger partial charge in [-0.15, -0.1) is 0 Å². The third-order valence-electron chi connectivity index (χ3n) is 4.26. The molecule has 0 fully saturated rings. The first-order valence-electron chi connectivity index (χ1n) is 8.77. The van der Waals surface area contributed by atoms with Crippen LogP contribution in [0.1, 0.15) is 56.0 Å². The van der Waals surface area contributed by atoms with E-state index < -0.39 is 10.0 Å². The van der Waals surface area contributed by atoms with Gasteiger partial charge in [-0.25, -0.2) is 8.42 Å². The van der Waals surface area contributed by atoms with Crippen LogP contribution in [-0.4, -0.2) is 20.4 Å². The highest BCUT2D eigenvalue weighted by Crippen LogP contribution is 2.22. The zero-order valence-electron chi connectivity index (χ0n) is 15.6. The summed E-state index contributed by atoms with van der Waals surface area (Å²) in [5.41, 5.74) is 1.63. The lowest BCUT2D eigenvalue weighted by molar-refractivity contribution is 0.0940. The summed E-state index contributed by atoms with van der Waals surface area (Å²) in [6, 6.07) is 13.4. The van der Waals surface area contributed by atoms with Crippen LogP contribution in [0.15, 0.2) is 53.4 Å². The van der Waals surface area contributed by atoms with Crippen molar-refractivity contribution in [2.75, 3.05) is 4.72 Å². The van der Waals surface area contributed by atoms with E-state index in [1.165, 1.54) is 0 Å². The van der Waals surface area contributed by atoms with Crippen molar-refractivity contribution < 1.29 is 13.2 Å². The van der Waals surface area contributed by atoms with Gasteiger partial charge in [-0.1, -0.05) is 45.0 Å². The number of carbonyl (C=O) groups is 1. The maximum atomic E-state index is 12.7. The second-order valence-electron chi connectivity index (χ2n) is 6.66. The number of para-hydroxylation sites is 1. The molecule has 0 aliphatic heterocycles. The summed E-state index contributed by atoms with van der Waals surface area (Å²) >= 11 is 0. The summed E-state index contributed by atoms with van der Waals surface area (Å²) in [6.45, 7) is 7.98. The first-order valence-corrected chi connectivity index (χ1v) is 10.3. The van der Waals surface area contributed by atoms with E-state index >= 15 is 0 Å². The predicted octanol–water partition coefficient (Wildman–Crippen LogP) is 4.14. The Morgan fingerprint density at radius 3 is 2.19 bits per heavy atom. The van der Waals surface area contributed by atoms with E-state index in [-0.39, 0.29) is 22.5 Å². The van der Waals surface area contributed by atoms with E-state index in [1.807, 2.05) is 27.7 Å². The number of sulfonamides is 1. The Labute approximate surface area is 155 Å². The molecular formula is C20H26N2O3S. The molecule has 2 N–H and O–H groups in total. The molecule has 0 aliphatic carbocycles. The fourth-order valence-corrected chi connectivity index (χ4v) is 3.49. The molecule has 0 radical (unpaired) electrons. The third-order valence-corrected chi connectivity index (χ3v) is 5.64. The van der Waals surface area contributed by atoms with Gasteiger partial charge in [-0.05, 0) is 49.1 Å². The van der Waals surface area contributed by atoms with Crippen LogP contribution in [0, 0.1) is 0 Å². The Morgan fingerprint density at radius 1 is 1.00 bits per heavy atom. The van der Waals surface area contributed by atoms with Crippen LogP contribution in [0.25, 0.3) is 0 Å². The predicted molar refractivity (Wildman–Crippen MR) is 105 cm³/mol. The van der Waals surface area contributed by atoms with Gasteiger partial charge in [0.05, 0.1) is 16.1 Å². The van der Waals surface area contributed by atoms with Crippen LogP contribution < -0.4 is 10.0 Å². The number of rotatable bonds is 7. The van der Waals surface area contributed by atoms with Gasteiger partial charge in [-0.3, -0.25) is 9.52 Å². The Morgan fingerprint density at radius 2 is 1.62 bits per heavy atom. The van der Waals surface area contributed by atoms with Crippen molar-refractivity contribution in [1.82, 2.24) is 5.32 Å². The molecule has 5 nitrogen and oxygen atoms in total. The lowest BCUT2D eigenvalue weighted by Crippen LogP contribution is -2.32. The highest BCUT2D eigenvalue weighted by Gasteiger charge is 2.19. The molecule has 0 spiro atoms. The van der Waals surface area contributed by atoms with E-state index in [0.717, 1.165) is 12.0 Å². The molecular weight excluding hydrogens is 348 g/mol. The van der Waals surface area contributed by atoms with Crippen molar-refractivity contribution in [3.05, 3.63) is 59.7 Å². The SMILES string of the molecule is CCC(C)NC(=O)c1ccccc1NS(=O)(=O)c1ccc(C(C)C)cc1. The molecule has 2 aromatic rings. The van der Waals surface area contributed by atoms with Gasteiger partial charge in [0.15, 0.2) is 0 Å². The van der Waals surface area contributed by atoms with Crippen LogP contribution in [0.3, 0.4) is 0 Å². The van der Waals surface area contributed by atoms with Crippen LogP contribution in [0.4, 0.5) is 5.69 Å². The molecule has 6 heteroatoms. The zero-order chi connectivity index (χ0) is 19.3. The Balaban J connectivity index is 2.28. The molecule has 1 atom stereocenters. The monoisotopic (exact) mass is 374 g/mol. The van der Waals surface area contributed by atoms with Crippen LogP contribution in [-0.2, 0) is 10.0 Å². The van der Waals surface area contributed by atoms with Gasteiger partial charge < -0.3 is 5.32 Å². The fourth-order valence-electron chi connectivity index (χ4n) is 2.41. The molecule has 1 amide bonds. The van der Waals surface area contributed by atoms with Crippen LogP contribution >= 0.6 is 0 Å². The summed E-state index contributed by atoms with van der Waals surface area (Å²) in [5, 5.41) is 2.86. The number of hydrogen-bond acceptors (Lipinski definition) is 3. The van der Waals surface area contributed by atoms with E-state index in [2.05, 4.69) is 10.0 Å². The molecule has 1 unspecified atom stereocenters. The van der Waals surface area contributed by atoms with Crippen LogP contribution in [0.5, 0.6) is 0 Å². The maximum absolute atomic E-state index is 12.7. The second kappa shape index (κ2) is 8.36. The summed E-state index contributed by atoms with van der Waals surface area (Å²) in [6.07, 6.45) is 0.793. The number of hydrogen-bond donors (Lipinski definition) is 2. The minimum absolute atomic E-state index is 0.00995. The number of nitrogens with one attached hydrogen (secondary N) is 2. The van der Waals surface area contributed by atoms with Gasteiger partial charge in [-0.2, -0.15) is 0 Å². The molecule has 0 aliphatic rings. The van der Waals surface area contributed by atoms with Gasteiger partial charge in [0.2, 0.25) is 0 Å². The van der Waals surface area contributed by atoms with Gasteiger partial charge in [0.25, 0.3) is 15.9 Å². The lowest BCUT2D eigenvalue weighted by atomic mass is 10.0. The molecule has 2 aromatic carbocycles. The lowest BCUT2D eigenvalue weighted by Gasteiger charge is -2.15. The Bertz CT molecular complexity index is 859. The summed E-state index contributed by atoms with van der Waals surface area (Å²) < 4.78 is 27.9. The Hall–Kier alpha value is -2.34. The molecule has 0 aromatic heterocycles. The molecule has 0 heterocycles. The number of anilines is 1. The second-order valence-corrected chi connectivity index (χ2v) is 8.34. The standard InChI is InChI=1S/C20H26N2O3S/c1-5-15(4)21-20(23)18-8-6-7-9-19(18)22-26(24,25)17-12-10-16(11-13-17)14(2)3/h6-15,22H,5H2,1-4H3,(H,21,23). The molecule has 0 saturated carbocycles. The van der Waals surface area contributed by atoms with Gasteiger partial charge in [0, 0.05) is 6.04 Å². The van der Waals surface area contributed by atoms with E-state index in [0.29, 0.717) is 11.5 Å². The van der Waals surface area contributed by atoms with E-state index in [1.54, 1.807) is 48.5 Å². The normalized spacial score (nSPS) is 12.7.